The minimum absolute atomic E-state index is 0.135. The molecular weight excluding hydrogens is 606 g/mol. The Morgan fingerprint density at radius 1 is 0.711 bits per heavy atom. The molecule has 5 unspecified atom stereocenters. The molecule has 7 rings (SSSR count). The Morgan fingerprint density at radius 3 is 1.69 bits per heavy atom. The molecule has 3 aliphatic rings. The number of ether oxygens (including phenoxy) is 1. The van der Waals surface area contributed by atoms with E-state index in [1.807, 2.05) is 111 Å². The third-order valence-electron chi connectivity index (χ3n) is 8.29. The summed E-state index contributed by atoms with van der Waals surface area (Å²) in [5.74, 6) is 1.28. The molecule has 0 aliphatic carbocycles. The molecule has 2 N–H and O–H groups in total. The van der Waals surface area contributed by atoms with Gasteiger partial charge in [-0.2, -0.15) is 0 Å². The third kappa shape index (κ3) is 7.14. The molecule has 45 heavy (non-hydrogen) atoms. The predicted molar refractivity (Wildman–Crippen MR) is 182 cm³/mol. The summed E-state index contributed by atoms with van der Waals surface area (Å²) in [5, 5.41) is 20.9. The van der Waals surface area contributed by atoms with Gasteiger partial charge in [-0.3, -0.25) is 9.13 Å². The Kier molecular flexibility index (Phi) is 10.7. The molecule has 9 heteroatoms. The van der Waals surface area contributed by atoms with Crippen molar-refractivity contribution >= 4 is 25.3 Å². The van der Waals surface area contributed by atoms with Gasteiger partial charge >= 0.3 is 0 Å². The summed E-state index contributed by atoms with van der Waals surface area (Å²) in [6.45, 7) is 6.81. The van der Waals surface area contributed by atoms with Crippen molar-refractivity contribution in [2.45, 2.75) is 57.9 Å². The largest absolute Gasteiger partial charge is 0.439 e. The normalized spacial score (nSPS) is 22.9. The van der Waals surface area contributed by atoms with Gasteiger partial charge in [-0.1, -0.05) is 93.6 Å². The number of aliphatic hydroxyl groups is 2. The summed E-state index contributed by atoms with van der Waals surface area (Å²) < 4.78 is 43.2. The first-order valence-corrected chi connectivity index (χ1v) is 19.1. The summed E-state index contributed by atoms with van der Waals surface area (Å²) in [7, 11) is -6.15. The van der Waals surface area contributed by atoms with Crippen molar-refractivity contribution in [1.82, 2.24) is 0 Å². The first kappa shape index (κ1) is 33.2. The van der Waals surface area contributed by atoms with Crippen LogP contribution in [0.1, 0.15) is 40.0 Å². The fourth-order valence-corrected chi connectivity index (χ4v) is 10.7. The second-order valence-electron chi connectivity index (χ2n) is 11.3. The van der Waals surface area contributed by atoms with Crippen molar-refractivity contribution in [3.05, 3.63) is 97.1 Å². The number of epoxide rings is 1. The zero-order valence-corrected chi connectivity index (χ0v) is 27.8. The second-order valence-corrected chi connectivity index (χ2v) is 16.3. The molecule has 5 atom stereocenters. The van der Waals surface area contributed by atoms with Crippen molar-refractivity contribution in [2.24, 2.45) is 0 Å². The van der Waals surface area contributed by atoms with Crippen molar-refractivity contribution < 1.29 is 33.1 Å². The maximum Gasteiger partial charge on any atom is 0.283 e. The molecule has 238 valence electrons. The molecule has 0 radical (unpaired) electrons. The molecule has 0 bridgehead atoms. The average molecular weight is 649 g/mol. The second kappa shape index (κ2) is 14.5. The number of benzene rings is 4. The number of hydrogen-bond acceptors (Lipinski definition) is 7. The number of aliphatic hydroxyl groups excluding tert-OH is 2. The van der Waals surface area contributed by atoms with Gasteiger partial charge in [0.25, 0.3) is 14.7 Å². The highest BCUT2D eigenvalue weighted by molar-refractivity contribution is 7.68. The minimum atomic E-state index is -3.10. The smallest absolute Gasteiger partial charge is 0.283 e. The van der Waals surface area contributed by atoms with Crippen LogP contribution in [0.15, 0.2) is 97.1 Å². The first-order chi connectivity index (χ1) is 21.8. The van der Waals surface area contributed by atoms with Gasteiger partial charge in [-0.05, 0) is 54.7 Å². The van der Waals surface area contributed by atoms with Gasteiger partial charge in [-0.25, -0.2) is 0 Å². The van der Waals surface area contributed by atoms with Crippen LogP contribution in [0.25, 0.3) is 22.3 Å². The van der Waals surface area contributed by atoms with Crippen LogP contribution in [0.5, 0.6) is 11.5 Å². The SMILES string of the molecule is CCC(CO)P1(=O)Oc2ccccc2-c2ccccc21.CCC(O)CP1(=O)Oc2ccccc2-c2ccccc21.CCC1CO1. The Balaban J connectivity index is 0.000000154. The summed E-state index contributed by atoms with van der Waals surface area (Å²) in [6.07, 6.45) is 2.56. The van der Waals surface area contributed by atoms with Crippen LogP contribution < -0.4 is 19.7 Å². The highest BCUT2D eigenvalue weighted by atomic mass is 31.2. The van der Waals surface area contributed by atoms with E-state index in [0.29, 0.717) is 35.7 Å². The lowest BCUT2D eigenvalue weighted by Gasteiger charge is -2.32. The molecule has 3 heterocycles. The monoisotopic (exact) mass is 648 g/mol. The van der Waals surface area contributed by atoms with Crippen molar-refractivity contribution in [2.75, 3.05) is 19.4 Å². The van der Waals surface area contributed by atoms with Gasteiger partial charge in [0.2, 0.25) is 0 Å². The van der Waals surface area contributed by atoms with E-state index in [4.69, 9.17) is 13.8 Å². The lowest BCUT2D eigenvalue weighted by atomic mass is 10.0. The molecule has 1 fully saturated rings. The van der Waals surface area contributed by atoms with Gasteiger partial charge in [-0.15, -0.1) is 0 Å². The lowest BCUT2D eigenvalue weighted by Crippen LogP contribution is -2.27. The van der Waals surface area contributed by atoms with E-state index in [1.165, 1.54) is 6.42 Å². The van der Waals surface area contributed by atoms with Crippen molar-refractivity contribution in [1.29, 1.82) is 0 Å². The standard InChI is InChI=1S/2C16H17O3P.C4H8O/c1-2-12(17)11-20(18)16-10-6-4-8-14(16)13-7-3-5-9-15(13)19-20;1-2-12(11-17)20(18)16-10-6-4-8-14(16)13-7-3-5-9-15(13)19-20;1-2-4-3-5-4/h2*3-10,12,17H,2,11H2,1H3;4H,2-3H2,1H3. The molecular formula is C36H42O7P2. The zero-order valence-electron chi connectivity index (χ0n) is 26.0. The third-order valence-corrected chi connectivity index (χ3v) is 13.8. The molecule has 0 amide bonds. The van der Waals surface area contributed by atoms with E-state index >= 15 is 0 Å². The van der Waals surface area contributed by atoms with Crippen molar-refractivity contribution in [3.8, 4) is 33.8 Å². The van der Waals surface area contributed by atoms with E-state index < -0.39 is 20.8 Å². The highest BCUT2D eigenvalue weighted by Crippen LogP contribution is 2.58. The molecule has 4 aromatic rings. The topological polar surface area (TPSA) is 106 Å². The number of fused-ring (bicyclic) bond motifs is 6. The van der Waals surface area contributed by atoms with E-state index in [9.17, 15) is 19.3 Å². The summed E-state index contributed by atoms with van der Waals surface area (Å²) in [5.41, 5.74) is 3.45. The zero-order chi connectivity index (χ0) is 32.0. The summed E-state index contributed by atoms with van der Waals surface area (Å²) >= 11 is 0. The average Bonchev–Trinajstić information content (AvgIpc) is 3.91. The number of hydrogen-bond donors (Lipinski definition) is 2. The summed E-state index contributed by atoms with van der Waals surface area (Å²) in [4.78, 5) is 0. The first-order valence-electron chi connectivity index (χ1n) is 15.6. The van der Waals surface area contributed by atoms with E-state index in [1.54, 1.807) is 0 Å². The van der Waals surface area contributed by atoms with Gasteiger partial charge in [0.15, 0.2) is 0 Å². The molecule has 7 nitrogen and oxygen atoms in total. The van der Waals surface area contributed by atoms with Crippen LogP contribution in [0.3, 0.4) is 0 Å². The number of para-hydroxylation sites is 2. The van der Waals surface area contributed by atoms with E-state index in [2.05, 4.69) is 6.92 Å². The Labute approximate surface area is 266 Å². The van der Waals surface area contributed by atoms with Crippen LogP contribution in [0.4, 0.5) is 0 Å². The van der Waals surface area contributed by atoms with Crippen molar-refractivity contribution in [3.63, 3.8) is 0 Å². The van der Waals surface area contributed by atoms with Crippen LogP contribution >= 0.6 is 14.7 Å². The van der Waals surface area contributed by atoms with E-state index in [0.717, 1.165) is 34.2 Å². The van der Waals surface area contributed by atoms with Gasteiger partial charge in [0, 0.05) is 11.1 Å². The molecule has 4 aromatic carbocycles. The highest BCUT2D eigenvalue weighted by Gasteiger charge is 2.41. The van der Waals surface area contributed by atoms with Gasteiger partial charge < -0.3 is 24.0 Å². The van der Waals surface area contributed by atoms with Crippen LogP contribution in [0.2, 0.25) is 0 Å². The fourth-order valence-electron chi connectivity index (χ4n) is 5.51. The van der Waals surface area contributed by atoms with Crippen LogP contribution in [-0.4, -0.2) is 47.5 Å². The molecule has 0 saturated carbocycles. The van der Waals surface area contributed by atoms with Crippen LogP contribution in [0, 0.1) is 0 Å². The minimum Gasteiger partial charge on any atom is -0.439 e. The lowest BCUT2D eigenvalue weighted by molar-refractivity contribution is 0.191. The maximum absolute atomic E-state index is 13.4. The molecule has 3 aliphatic heterocycles. The van der Waals surface area contributed by atoms with Gasteiger partial charge in [0.1, 0.15) is 11.5 Å². The Bertz CT molecular complexity index is 1700. The molecule has 0 aromatic heterocycles. The molecule has 1 saturated heterocycles. The maximum atomic E-state index is 13.4. The quantitative estimate of drug-likeness (QED) is 0.157. The van der Waals surface area contributed by atoms with Crippen LogP contribution in [-0.2, 0) is 13.9 Å². The predicted octanol–water partition coefficient (Wildman–Crippen LogP) is 7.64. The Hall–Kier alpha value is -3.18. The molecule has 0 spiro atoms. The fraction of sp³-hybridized carbons (Fsp3) is 0.333. The Morgan fingerprint density at radius 2 is 1.20 bits per heavy atom. The van der Waals surface area contributed by atoms with Gasteiger partial charge in [0.05, 0.1) is 47.9 Å². The summed E-state index contributed by atoms with van der Waals surface area (Å²) in [6, 6.07) is 30.4. The number of rotatable bonds is 7. The van der Waals surface area contributed by atoms with E-state index in [-0.39, 0.29) is 18.4 Å².